The van der Waals surface area contributed by atoms with Gasteiger partial charge in [-0.05, 0) is 38.7 Å². The Kier molecular flexibility index (Phi) is 6.34. The maximum atomic E-state index is 8.75. The van der Waals surface area contributed by atoms with Crippen LogP contribution in [0.15, 0.2) is 53.6 Å². The van der Waals surface area contributed by atoms with Crippen LogP contribution in [0.3, 0.4) is 0 Å². The molecule has 0 radical (unpaired) electrons. The van der Waals surface area contributed by atoms with Gasteiger partial charge in [0.2, 0.25) is 0 Å². The van der Waals surface area contributed by atoms with Gasteiger partial charge in [-0.25, -0.2) is 0 Å². The van der Waals surface area contributed by atoms with Crippen LogP contribution >= 0.6 is 0 Å². The Morgan fingerprint density at radius 1 is 1.06 bits per heavy atom. The zero-order valence-electron chi connectivity index (χ0n) is 10.8. The number of benzene rings is 1. The summed E-state index contributed by atoms with van der Waals surface area (Å²) in [5.74, 6) is 0. The van der Waals surface area contributed by atoms with Gasteiger partial charge in [-0.15, -0.1) is 0 Å². The van der Waals surface area contributed by atoms with E-state index in [-0.39, 0.29) is 6.61 Å². The fourth-order valence-electron chi connectivity index (χ4n) is 1.79. The summed E-state index contributed by atoms with van der Waals surface area (Å²) in [6, 6.07) is 10.5. The van der Waals surface area contributed by atoms with Crippen molar-refractivity contribution in [2.24, 2.45) is 0 Å². The van der Waals surface area contributed by atoms with Crippen LogP contribution in [-0.2, 0) is 6.42 Å². The molecular formula is C16H22O. The molecule has 0 unspecified atom stereocenters. The second-order valence-corrected chi connectivity index (χ2v) is 4.48. The highest BCUT2D eigenvalue weighted by molar-refractivity contribution is 5.21. The SMILES string of the molecule is CC(=CCC/C(C)=C/CO)Cc1ccccc1. The maximum Gasteiger partial charge on any atom is 0.0614 e. The molecule has 0 aliphatic heterocycles. The largest absolute Gasteiger partial charge is 0.392 e. The van der Waals surface area contributed by atoms with Gasteiger partial charge < -0.3 is 5.11 Å². The van der Waals surface area contributed by atoms with E-state index in [0.29, 0.717) is 0 Å². The Morgan fingerprint density at radius 2 is 1.76 bits per heavy atom. The topological polar surface area (TPSA) is 20.2 Å². The number of hydrogen-bond donors (Lipinski definition) is 1. The lowest BCUT2D eigenvalue weighted by atomic mass is 10.0. The molecule has 1 aromatic rings. The molecule has 1 heteroatoms. The van der Waals surface area contributed by atoms with E-state index < -0.39 is 0 Å². The van der Waals surface area contributed by atoms with E-state index in [2.05, 4.69) is 44.2 Å². The predicted molar refractivity (Wildman–Crippen MR) is 74.0 cm³/mol. The quantitative estimate of drug-likeness (QED) is 0.735. The van der Waals surface area contributed by atoms with Crippen LogP contribution in [0.5, 0.6) is 0 Å². The van der Waals surface area contributed by atoms with Crippen LogP contribution in [0.4, 0.5) is 0 Å². The van der Waals surface area contributed by atoms with E-state index in [1.165, 1.54) is 16.7 Å². The number of aliphatic hydroxyl groups excluding tert-OH is 1. The van der Waals surface area contributed by atoms with Crippen LogP contribution in [0.2, 0.25) is 0 Å². The van der Waals surface area contributed by atoms with E-state index in [0.717, 1.165) is 19.3 Å². The van der Waals surface area contributed by atoms with E-state index in [4.69, 9.17) is 5.11 Å². The third kappa shape index (κ3) is 6.08. The second kappa shape index (κ2) is 7.86. The number of aliphatic hydroxyl groups is 1. The first-order valence-electron chi connectivity index (χ1n) is 6.18. The van der Waals surface area contributed by atoms with E-state index >= 15 is 0 Å². The molecule has 1 N–H and O–H groups in total. The summed E-state index contributed by atoms with van der Waals surface area (Å²) in [4.78, 5) is 0. The minimum Gasteiger partial charge on any atom is -0.392 e. The second-order valence-electron chi connectivity index (χ2n) is 4.48. The molecule has 0 aromatic heterocycles. The lowest BCUT2D eigenvalue weighted by molar-refractivity contribution is 0.341. The summed E-state index contributed by atoms with van der Waals surface area (Å²) in [6.07, 6.45) is 7.29. The highest BCUT2D eigenvalue weighted by Gasteiger charge is 1.94. The molecule has 1 rings (SSSR count). The predicted octanol–water partition coefficient (Wildman–Crippen LogP) is 3.89. The lowest BCUT2D eigenvalue weighted by Gasteiger charge is -2.02. The van der Waals surface area contributed by atoms with Crippen LogP contribution in [-0.4, -0.2) is 11.7 Å². The Balaban J connectivity index is 2.38. The van der Waals surface area contributed by atoms with Crippen LogP contribution in [0.25, 0.3) is 0 Å². The van der Waals surface area contributed by atoms with Crippen molar-refractivity contribution in [2.45, 2.75) is 33.1 Å². The third-order valence-electron chi connectivity index (χ3n) is 2.80. The molecule has 1 nitrogen and oxygen atoms in total. The van der Waals surface area contributed by atoms with Crippen molar-refractivity contribution in [1.82, 2.24) is 0 Å². The van der Waals surface area contributed by atoms with Gasteiger partial charge in [-0.2, -0.15) is 0 Å². The van der Waals surface area contributed by atoms with E-state index in [1.54, 1.807) is 0 Å². The van der Waals surface area contributed by atoms with Crippen molar-refractivity contribution in [3.05, 3.63) is 59.2 Å². The molecule has 0 bridgehead atoms. The first kappa shape index (κ1) is 13.7. The van der Waals surface area contributed by atoms with Crippen LogP contribution in [0.1, 0.15) is 32.3 Å². The van der Waals surface area contributed by atoms with Gasteiger partial charge in [0.1, 0.15) is 0 Å². The third-order valence-corrected chi connectivity index (χ3v) is 2.80. The Hall–Kier alpha value is -1.34. The van der Waals surface area contributed by atoms with Gasteiger partial charge in [0, 0.05) is 0 Å². The monoisotopic (exact) mass is 230 g/mol. The summed E-state index contributed by atoms with van der Waals surface area (Å²) in [5, 5.41) is 8.75. The van der Waals surface area contributed by atoms with Gasteiger partial charge in [0.15, 0.2) is 0 Å². The van der Waals surface area contributed by atoms with Crippen molar-refractivity contribution >= 4 is 0 Å². The van der Waals surface area contributed by atoms with Gasteiger partial charge >= 0.3 is 0 Å². The average molecular weight is 230 g/mol. The van der Waals surface area contributed by atoms with Crippen molar-refractivity contribution in [2.75, 3.05) is 6.61 Å². The fourth-order valence-corrected chi connectivity index (χ4v) is 1.79. The van der Waals surface area contributed by atoms with Crippen molar-refractivity contribution < 1.29 is 5.11 Å². The van der Waals surface area contributed by atoms with Crippen molar-refractivity contribution in [3.63, 3.8) is 0 Å². The molecule has 0 heterocycles. The van der Waals surface area contributed by atoms with Gasteiger partial charge in [0.25, 0.3) is 0 Å². The smallest absolute Gasteiger partial charge is 0.0614 e. The first-order chi connectivity index (χ1) is 8.22. The molecule has 0 saturated heterocycles. The van der Waals surface area contributed by atoms with Gasteiger partial charge in [-0.3, -0.25) is 0 Å². The fraction of sp³-hybridized carbons (Fsp3) is 0.375. The Morgan fingerprint density at radius 3 is 2.41 bits per heavy atom. The number of allylic oxidation sites excluding steroid dienone is 3. The molecule has 0 spiro atoms. The molecule has 0 atom stereocenters. The summed E-state index contributed by atoms with van der Waals surface area (Å²) in [5.41, 5.74) is 4.04. The molecule has 0 aliphatic rings. The number of hydrogen-bond acceptors (Lipinski definition) is 1. The number of rotatable bonds is 6. The Labute approximate surface area is 104 Å². The lowest BCUT2D eigenvalue weighted by Crippen LogP contribution is -1.87. The highest BCUT2D eigenvalue weighted by Crippen LogP contribution is 2.10. The summed E-state index contributed by atoms with van der Waals surface area (Å²) >= 11 is 0. The molecule has 0 amide bonds. The molecule has 92 valence electrons. The minimum atomic E-state index is 0.151. The van der Waals surface area contributed by atoms with Crippen molar-refractivity contribution in [1.29, 1.82) is 0 Å². The molecule has 1 aromatic carbocycles. The van der Waals surface area contributed by atoms with Crippen molar-refractivity contribution in [3.8, 4) is 0 Å². The summed E-state index contributed by atoms with van der Waals surface area (Å²) in [6.45, 7) is 4.40. The molecular weight excluding hydrogens is 208 g/mol. The van der Waals surface area contributed by atoms with Gasteiger partial charge in [-0.1, -0.05) is 53.6 Å². The van der Waals surface area contributed by atoms with Gasteiger partial charge in [0.05, 0.1) is 6.61 Å². The normalized spacial score (nSPS) is 12.9. The minimum absolute atomic E-state index is 0.151. The molecule has 0 saturated carbocycles. The zero-order valence-corrected chi connectivity index (χ0v) is 10.8. The zero-order chi connectivity index (χ0) is 12.5. The summed E-state index contributed by atoms with van der Waals surface area (Å²) < 4.78 is 0. The Bertz CT molecular complexity index is 374. The highest BCUT2D eigenvalue weighted by atomic mass is 16.2. The average Bonchev–Trinajstić information content (AvgIpc) is 2.30. The molecule has 0 fully saturated rings. The summed E-state index contributed by atoms with van der Waals surface area (Å²) in [7, 11) is 0. The standard InChI is InChI=1S/C16H22O/c1-14(11-12-17)7-6-8-15(2)13-16-9-4-3-5-10-16/h3-5,8-11,17H,6-7,12-13H2,1-2H3/b14-11+,15-8?. The molecule has 17 heavy (non-hydrogen) atoms. The molecule has 0 aliphatic carbocycles. The van der Waals surface area contributed by atoms with E-state index in [1.807, 2.05) is 12.1 Å². The first-order valence-corrected chi connectivity index (χ1v) is 6.18. The maximum absolute atomic E-state index is 8.75. The van der Waals surface area contributed by atoms with E-state index in [9.17, 15) is 0 Å². The van der Waals surface area contributed by atoms with Crippen LogP contribution in [0, 0.1) is 0 Å². The van der Waals surface area contributed by atoms with Crippen LogP contribution < -0.4 is 0 Å².